The average molecular weight is 286 g/mol. The van der Waals surface area contributed by atoms with Crippen molar-refractivity contribution in [2.24, 2.45) is 0 Å². The third-order valence-corrected chi connectivity index (χ3v) is 2.23. The van der Waals surface area contributed by atoms with E-state index in [1.54, 1.807) is 0 Å². The number of anilines is 1. The summed E-state index contributed by atoms with van der Waals surface area (Å²) in [5, 5.41) is 12.3. The first-order valence-corrected chi connectivity index (χ1v) is 5.66. The number of aliphatic carboxylic acids is 1. The molecule has 108 valence electrons. The smallest absolute Gasteiger partial charge is 0.325 e. The number of imide groups is 1. The fourth-order valence-electron chi connectivity index (χ4n) is 1.33. The number of benzene rings is 1. The Balaban J connectivity index is 2.43. The number of urea groups is 1. The summed E-state index contributed by atoms with van der Waals surface area (Å²) in [6, 6.07) is 1.58. The molecule has 3 N–H and O–H groups in total. The van der Waals surface area contributed by atoms with E-state index in [9.17, 15) is 23.2 Å². The number of carbonyl (C=O) groups is 3. The van der Waals surface area contributed by atoms with Gasteiger partial charge in [0.2, 0.25) is 5.91 Å². The van der Waals surface area contributed by atoms with Crippen LogP contribution >= 0.6 is 0 Å². The van der Waals surface area contributed by atoms with Crippen LogP contribution in [0, 0.1) is 11.6 Å². The Morgan fingerprint density at radius 2 is 1.85 bits per heavy atom. The van der Waals surface area contributed by atoms with Gasteiger partial charge >= 0.3 is 12.0 Å². The van der Waals surface area contributed by atoms with Crippen LogP contribution in [0.25, 0.3) is 0 Å². The van der Waals surface area contributed by atoms with Crippen LogP contribution in [0.4, 0.5) is 19.3 Å². The second-order valence-electron chi connectivity index (χ2n) is 3.87. The van der Waals surface area contributed by atoms with Gasteiger partial charge in [0.05, 0.1) is 5.69 Å². The van der Waals surface area contributed by atoms with Crippen molar-refractivity contribution < 1.29 is 28.3 Å². The van der Waals surface area contributed by atoms with Gasteiger partial charge in [-0.1, -0.05) is 0 Å². The van der Waals surface area contributed by atoms with Gasteiger partial charge in [-0.2, -0.15) is 0 Å². The summed E-state index contributed by atoms with van der Waals surface area (Å²) in [6.07, 6.45) is -0.257. The van der Waals surface area contributed by atoms with Gasteiger partial charge in [-0.15, -0.1) is 0 Å². The molecule has 20 heavy (non-hydrogen) atoms. The fourth-order valence-corrected chi connectivity index (χ4v) is 1.33. The van der Waals surface area contributed by atoms with Gasteiger partial charge in [-0.25, -0.2) is 13.6 Å². The van der Waals surface area contributed by atoms with Gasteiger partial charge in [0.25, 0.3) is 0 Å². The highest BCUT2D eigenvalue weighted by atomic mass is 19.1. The van der Waals surface area contributed by atoms with Crippen LogP contribution in [0.2, 0.25) is 0 Å². The Labute approximate surface area is 112 Å². The molecular formula is C12H12F2N2O4. The molecule has 0 unspecified atom stereocenters. The highest BCUT2D eigenvalue weighted by molar-refractivity contribution is 6.01. The van der Waals surface area contributed by atoms with E-state index >= 15 is 0 Å². The quantitative estimate of drug-likeness (QED) is 0.770. The third kappa shape index (κ3) is 5.42. The lowest BCUT2D eigenvalue weighted by molar-refractivity contribution is -0.137. The molecule has 0 saturated carbocycles. The van der Waals surface area contributed by atoms with E-state index in [4.69, 9.17) is 5.11 Å². The summed E-state index contributed by atoms with van der Waals surface area (Å²) in [5.41, 5.74) is -0.276. The number of carboxylic acid groups (broad SMARTS) is 1. The van der Waals surface area contributed by atoms with Gasteiger partial charge in [0.1, 0.15) is 11.6 Å². The van der Waals surface area contributed by atoms with Crippen molar-refractivity contribution in [1.29, 1.82) is 0 Å². The highest BCUT2D eigenvalue weighted by Gasteiger charge is 2.11. The van der Waals surface area contributed by atoms with Gasteiger partial charge in [-0.3, -0.25) is 14.9 Å². The normalized spacial score (nSPS) is 9.90. The van der Waals surface area contributed by atoms with Crippen molar-refractivity contribution in [3.05, 3.63) is 29.8 Å². The molecule has 1 aromatic rings. The van der Waals surface area contributed by atoms with Gasteiger partial charge in [-0.05, 0) is 18.6 Å². The standard InChI is InChI=1S/C12H12F2N2O4/c13-7-4-5-9(8(14)6-7)15-12(20)16-10(17)2-1-3-11(18)19/h4-6H,1-3H2,(H,18,19)(H2,15,16,17,20). The zero-order chi connectivity index (χ0) is 15.1. The zero-order valence-electron chi connectivity index (χ0n) is 10.3. The molecule has 0 fully saturated rings. The Morgan fingerprint density at radius 3 is 2.45 bits per heavy atom. The van der Waals surface area contributed by atoms with Crippen molar-refractivity contribution >= 4 is 23.6 Å². The monoisotopic (exact) mass is 286 g/mol. The number of nitrogens with one attached hydrogen (secondary N) is 2. The van der Waals surface area contributed by atoms with Crippen molar-refractivity contribution in [1.82, 2.24) is 5.32 Å². The molecule has 0 aliphatic heterocycles. The minimum atomic E-state index is -1.05. The van der Waals surface area contributed by atoms with Crippen LogP contribution in [-0.4, -0.2) is 23.0 Å². The fraction of sp³-hybridized carbons (Fsp3) is 0.250. The molecule has 0 aliphatic rings. The average Bonchev–Trinajstić information content (AvgIpc) is 2.32. The van der Waals surface area contributed by atoms with E-state index in [2.05, 4.69) is 0 Å². The molecule has 0 saturated heterocycles. The third-order valence-electron chi connectivity index (χ3n) is 2.23. The van der Waals surface area contributed by atoms with E-state index < -0.39 is 29.5 Å². The number of amides is 3. The molecular weight excluding hydrogens is 274 g/mol. The summed E-state index contributed by atoms with van der Waals surface area (Å²) in [7, 11) is 0. The topological polar surface area (TPSA) is 95.5 Å². The zero-order valence-corrected chi connectivity index (χ0v) is 10.3. The number of rotatable bonds is 5. The second-order valence-corrected chi connectivity index (χ2v) is 3.87. The van der Waals surface area contributed by atoms with Crippen LogP contribution in [0.15, 0.2) is 18.2 Å². The van der Waals surface area contributed by atoms with E-state index in [1.807, 2.05) is 10.6 Å². The molecule has 3 amide bonds. The second kappa shape index (κ2) is 7.17. The van der Waals surface area contributed by atoms with Crippen LogP contribution in [0.5, 0.6) is 0 Å². The molecule has 1 aromatic carbocycles. The van der Waals surface area contributed by atoms with Crippen molar-refractivity contribution in [3.63, 3.8) is 0 Å². The summed E-state index contributed by atoms with van der Waals surface area (Å²) in [4.78, 5) is 32.8. The minimum Gasteiger partial charge on any atom is -0.481 e. The SMILES string of the molecule is O=C(O)CCCC(=O)NC(=O)Nc1ccc(F)cc1F. The summed E-state index contributed by atoms with van der Waals surface area (Å²) in [6.45, 7) is 0. The molecule has 8 heteroatoms. The van der Waals surface area contributed by atoms with E-state index in [1.165, 1.54) is 0 Å². The molecule has 0 bridgehead atoms. The van der Waals surface area contributed by atoms with Gasteiger partial charge < -0.3 is 10.4 Å². The largest absolute Gasteiger partial charge is 0.481 e. The van der Waals surface area contributed by atoms with Crippen LogP contribution in [0.1, 0.15) is 19.3 Å². The first-order chi connectivity index (χ1) is 9.38. The number of halogens is 2. The first kappa shape index (κ1) is 15.5. The van der Waals surface area contributed by atoms with E-state index in [0.717, 1.165) is 12.1 Å². The molecule has 6 nitrogen and oxygen atoms in total. The Hall–Kier alpha value is -2.51. The Bertz CT molecular complexity index is 534. The highest BCUT2D eigenvalue weighted by Crippen LogP contribution is 2.14. The number of hydrogen-bond donors (Lipinski definition) is 3. The number of hydrogen-bond acceptors (Lipinski definition) is 3. The predicted octanol–water partition coefficient (Wildman–Crippen LogP) is 1.87. The van der Waals surface area contributed by atoms with Crippen molar-refractivity contribution in [2.45, 2.75) is 19.3 Å². The molecule has 0 aromatic heterocycles. The van der Waals surface area contributed by atoms with Gasteiger partial charge in [0, 0.05) is 18.9 Å². The molecule has 0 atom stereocenters. The lowest BCUT2D eigenvalue weighted by atomic mass is 10.2. The van der Waals surface area contributed by atoms with E-state index in [0.29, 0.717) is 6.07 Å². The Morgan fingerprint density at radius 1 is 1.15 bits per heavy atom. The first-order valence-electron chi connectivity index (χ1n) is 5.66. The van der Waals surface area contributed by atoms with Crippen molar-refractivity contribution in [3.8, 4) is 0 Å². The molecule has 1 rings (SSSR count). The van der Waals surface area contributed by atoms with Crippen molar-refractivity contribution in [2.75, 3.05) is 5.32 Å². The Kier molecular flexibility index (Phi) is 5.57. The van der Waals surface area contributed by atoms with Gasteiger partial charge in [0.15, 0.2) is 0 Å². The maximum Gasteiger partial charge on any atom is 0.325 e. The number of carbonyl (C=O) groups excluding carboxylic acids is 2. The molecule has 0 spiro atoms. The van der Waals surface area contributed by atoms with Crippen LogP contribution < -0.4 is 10.6 Å². The lowest BCUT2D eigenvalue weighted by Crippen LogP contribution is -2.34. The minimum absolute atomic E-state index is 0.0827. The number of carboxylic acids is 1. The van der Waals surface area contributed by atoms with Crippen LogP contribution in [0.3, 0.4) is 0 Å². The predicted molar refractivity (Wildman–Crippen MR) is 65.0 cm³/mol. The van der Waals surface area contributed by atoms with Crippen LogP contribution in [-0.2, 0) is 9.59 Å². The molecule has 0 heterocycles. The molecule has 0 radical (unpaired) electrons. The molecule has 0 aliphatic carbocycles. The maximum atomic E-state index is 13.2. The van der Waals surface area contributed by atoms with E-state index in [-0.39, 0.29) is 24.9 Å². The lowest BCUT2D eigenvalue weighted by Gasteiger charge is -2.07. The maximum absolute atomic E-state index is 13.2. The summed E-state index contributed by atoms with van der Waals surface area (Å²) < 4.78 is 25.8. The summed E-state index contributed by atoms with van der Waals surface area (Å²) >= 11 is 0. The summed E-state index contributed by atoms with van der Waals surface area (Å²) in [5.74, 6) is -3.50.